The first-order chi connectivity index (χ1) is 11.7. The lowest BCUT2D eigenvalue weighted by Gasteiger charge is -2.11. The topological polar surface area (TPSA) is 6.25 Å². The Morgan fingerprint density at radius 2 is 1.67 bits per heavy atom. The molecular weight excluding hydrogens is 292 g/mol. The van der Waals surface area contributed by atoms with Gasteiger partial charge in [-0.25, -0.2) is 0 Å². The molecule has 2 nitrogen and oxygen atoms in total. The Morgan fingerprint density at radius 1 is 0.958 bits per heavy atom. The molecule has 122 valence electrons. The molecule has 1 aliphatic rings. The number of fused-ring (bicyclic) bond motifs is 1. The van der Waals surface area contributed by atoms with Crippen LogP contribution in [0.15, 0.2) is 66.8 Å². The van der Waals surface area contributed by atoms with E-state index in [1.807, 2.05) is 0 Å². The molecule has 2 aromatic rings. The molecule has 0 spiro atoms. The van der Waals surface area contributed by atoms with Crippen LogP contribution in [0.3, 0.4) is 0 Å². The quantitative estimate of drug-likeness (QED) is 0.573. The monoisotopic (exact) mass is 317 g/mol. The largest absolute Gasteiger partial charge is 0.378 e. The van der Waals surface area contributed by atoms with Crippen molar-refractivity contribution in [2.45, 2.75) is 13.3 Å². The van der Waals surface area contributed by atoms with Crippen molar-refractivity contribution < 1.29 is 4.58 Å². The molecule has 2 heteroatoms. The van der Waals surface area contributed by atoms with E-state index >= 15 is 0 Å². The van der Waals surface area contributed by atoms with Gasteiger partial charge in [0.25, 0.3) is 0 Å². The van der Waals surface area contributed by atoms with E-state index in [0.717, 1.165) is 13.0 Å². The normalized spacial score (nSPS) is 14.0. The second-order valence-corrected chi connectivity index (χ2v) is 6.25. The molecule has 3 rings (SSSR count). The zero-order valence-corrected chi connectivity index (χ0v) is 14.7. The molecule has 0 fully saturated rings. The molecule has 0 aromatic heterocycles. The van der Waals surface area contributed by atoms with Gasteiger partial charge in [0.2, 0.25) is 5.69 Å². The van der Waals surface area contributed by atoms with Gasteiger partial charge in [-0.15, -0.1) is 0 Å². The van der Waals surface area contributed by atoms with Crippen molar-refractivity contribution >= 4 is 23.2 Å². The average molecular weight is 317 g/mol. The lowest BCUT2D eigenvalue weighted by molar-refractivity contribution is -0.432. The Kier molecular flexibility index (Phi) is 4.95. The number of para-hydroxylation sites is 1. The van der Waals surface area contributed by atoms with Gasteiger partial charge in [0.15, 0.2) is 5.71 Å². The smallest absolute Gasteiger partial charge is 0.209 e. The Balaban J connectivity index is 1.70. The van der Waals surface area contributed by atoms with Crippen molar-refractivity contribution in [1.29, 1.82) is 0 Å². The molecule has 0 aliphatic carbocycles. The van der Waals surface area contributed by atoms with Crippen LogP contribution >= 0.6 is 0 Å². The predicted molar refractivity (Wildman–Crippen MR) is 105 cm³/mol. The Bertz CT molecular complexity index is 793. The summed E-state index contributed by atoms with van der Waals surface area (Å²) < 4.78 is 2.39. The summed E-state index contributed by atoms with van der Waals surface area (Å²) in [7, 11) is 4.12. The number of anilines is 1. The fourth-order valence-corrected chi connectivity index (χ4v) is 3.11. The van der Waals surface area contributed by atoms with Crippen molar-refractivity contribution in [2.75, 3.05) is 25.5 Å². The zero-order valence-electron chi connectivity index (χ0n) is 14.7. The maximum Gasteiger partial charge on any atom is 0.209 e. The van der Waals surface area contributed by atoms with E-state index in [9.17, 15) is 0 Å². The van der Waals surface area contributed by atoms with Crippen LogP contribution in [-0.2, 0) is 6.42 Å². The van der Waals surface area contributed by atoms with E-state index in [4.69, 9.17) is 0 Å². The molecule has 0 atom stereocenters. The molecule has 2 aromatic carbocycles. The summed E-state index contributed by atoms with van der Waals surface area (Å²) in [5, 5.41) is 0. The molecule has 0 saturated heterocycles. The summed E-state index contributed by atoms with van der Waals surface area (Å²) in [6.45, 7) is 3.21. The van der Waals surface area contributed by atoms with Crippen LogP contribution in [0.4, 0.5) is 11.4 Å². The first kappa shape index (κ1) is 16.3. The highest BCUT2D eigenvalue weighted by Gasteiger charge is 2.25. The first-order valence-corrected chi connectivity index (χ1v) is 8.52. The number of allylic oxidation sites excluding steroid dienone is 3. The predicted octanol–water partition coefficient (Wildman–Crippen LogP) is 4.68. The Morgan fingerprint density at radius 3 is 2.38 bits per heavy atom. The van der Waals surface area contributed by atoms with Gasteiger partial charge in [-0.3, -0.25) is 0 Å². The lowest BCUT2D eigenvalue weighted by atomic mass is 10.1. The van der Waals surface area contributed by atoms with Gasteiger partial charge < -0.3 is 4.90 Å². The van der Waals surface area contributed by atoms with Crippen molar-refractivity contribution in [3.63, 3.8) is 0 Å². The maximum atomic E-state index is 2.39. The molecule has 0 saturated carbocycles. The molecule has 0 amide bonds. The van der Waals surface area contributed by atoms with E-state index < -0.39 is 0 Å². The van der Waals surface area contributed by atoms with E-state index in [0.29, 0.717) is 0 Å². The number of hydrogen-bond donors (Lipinski definition) is 0. The molecule has 24 heavy (non-hydrogen) atoms. The highest BCUT2D eigenvalue weighted by molar-refractivity contribution is 5.96. The van der Waals surface area contributed by atoms with E-state index in [1.165, 1.54) is 28.2 Å². The van der Waals surface area contributed by atoms with Crippen molar-refractivity contribution in [1.82, 2.24) is 0 Å². The molecule has 0 bridgehead atoms. The summed E-state index contributed by atoms with van der Waals surface area (Å²) in [6, 6.07) is 17.3. The minimum absolute atomic E-state index is 1.01. The Labute approximate surface area is 145 Å². The molecule has 0 radical (unpaired) electrons. The molecule has 1 heterocycles. The SMILES string of the molecule is CC[N+]1=C(/C=C/C=C/c2ccc(N(C)C)cc2)Cc2ccccc21. The summed E-state index contributed by atoms with van der Waals surface area (Å²) in [5.74, 6) is 0. The van der Waals surface area contributed by atoms with Crippen LogP contribution in [0.1, 0.15) is 18.1 Å². The van der Waals surface area contributed by atoms with Crippen LogP contribution in [0.5, 0.6) is 0 Å². The average Bonchev–Trinajstić information content (AvgIpc) is 2.96. The van der Waals surface area contributed by atoms with Crippen LogP contribution < -0.4 is 4.90 Å². The van der Waals surface area contributed by atoms with Gasteiger partial charge in [0.05, 0.1) is 6.42 Å². The first-order valence-electron chi connectivity index (χ1n) is 8.52. The number of benzene rings is 2. The van der Waals surface area contributed by atoms with Gasteiger partial charge in [0, 0.05) is 37.5 Å². The van der Waals surface area contributed by atoms with Crippen molar-refractivity contribution in [3.8, 4) is 0 Å². The molecule has 0 N–H and O–H groups in total. The number of rotatable bonds is 5. The third kappa shape index (κ3) is 3.48. The van der Waals surface area contributed by atoms with Crippen molar-refractivity contribution in [3.05, 3.63) is 77.9 Å². The highest BCUT2D eigenvalue weighted by Crippen LogP contribution is 2.26. The molecule has 1 aliphatic heterocycles. The minimum Gasteiger partial charge on any atom is -0.378 e. The van der Waals surface area contributed by atoms with Gasteiger partial charge in [0.1, 0.15) is 6.54 Å². The summed E-state index contributed by atoms with van der Waals surface area (Å²) in [4.78, 5) is 2.11. The van der Waals surface area contributed by atoms with Gasteiger partial charge in [-0.1, -0.05) is 48.6 Å². The second kappa shape index (κ2) is 7.31. The van der Waals surface area contributed by atoms with E-state index in [2.05, 4.69) is 103 Å². The highest BCUT2D eigenvalue weighted by atomic mass is 15.1. The summed E-state index contributed by atoms with van der Waals surface area (Å²) in [6.07, 6.45) is 9.66. The maximum absolute atomic E-state index is 2.39. The molecule has 0 unspecified atom stereocenters. The lowest BCUT2D eigenvalue weighted by Crippen LogP contribution is -2.10. The minimum atomic E-state index is 1.01. The van der Waals surface area contributed by atoms with Crippen LogP contribution in [0.25, 0.3) is 6.08 Å². The number of nitrogens with zero attached hydrogens (tertiary/aromatic N) is 2. The number of hydrogen-bond acceptors (Lipinski definition) is 1. The van der Waals surface area contributed by atoms with Gasteiger partial charge in [-0.2, -0.15) is 4.58 Å². The van der Waals surface area contributed by atoms with Gasteiger partial charge in [-0.05, 0) is 24.6 Å². The van der Waals surface area contributed by atoms with Crippen LogP contribution in [-0.4, -0.2) is 30.9 Å². The summed E-state index contributed by atoms with van der Waals surface area (Å²) in [5.41, 5.74) is 6.58. The third-order valence-corrected chi connectivity index (χ3v) is 4.41. The van der Waals surface area contributed by atoms with Crippen LogP contribution in [0.2, 0.25) is 0 Å². The van der Waals surface area contributed by atoms with E-state index in [-0.39, 0.29) is 0 Å². The molecular formula is C22H25N2+. The van der Waals surface area contributed by atoms with Crippen LogP contribution in [0, 0.1) is 0 Å². The van der Waals surface area contributed by atoms with Gasteiger partial charge >= 0.3 is 0 Å². The standard InChI is InChI=1S/C22H25N2/c1-4-24-21(17-19-10-6-8-12-22(19)24)11-7-5-9-18-13-15-20(16-14-18)23(2)3/h5-16H,4,17H2,1-3H3/q+1. The fourth-order valence-electron chi connectivity index (χ4n) is 3.11. The second-order valence-electron chi connectivity index (χ2n) is 6.25. The van der Waals surface area contributed by atoms with E-state index in [1.54, 1.807) is 0 Å². The Hall–Kier alpha value is -2.61. The fraction of sp³-hybridized carbons (Fsp3) is 0.227. The third-order valence-electron chi connectivity index (χ3n) is 4.41. The van der Waals surface area contributed by atoms with Crippen molar-refractivity contribution in [2.24, 2.45) is 0 Å². The zero-order chi connectivity index (χ0) is 16.9. The summed E-state index contributed by atoms with van der Waals surface area (Å²) >= 11 is 0.